The number of pyridine rings is 1. The van der Waals surface area contributed by atoms with Crippen LogP contribution in [0.15, 0.2) is 11.0 Å². The third-order valence-corrected chi connectivity index (χ3v) is 3.24. The van der Waals surface area contributed by atoms with Crippen LogP contribution in [-0.4, -0.2) is 33.7 Å². The molecular weight excluding hydrogens is 260 g/mol. The van der Waals surface area contributed by atoms with Gasteiger partial charge in [-0.05, 0) is 13.8 Å². The Labute approximate surface area is 114 Å². The molecule has 0 aromatic carbocycles. The molecule has 0 atom stereocenters. The van der Waals surface area contributed by atoms with Crippen molar-refractivity contribution in [3.05, 3.63) is 27.9 Å². The highest BCUT2D eigenvalue weighted by atomic mass is 16.5. The van der Waals surface area contributed by atoms with Crippen molar-refractivity contribution in [1.29, 1.82) is 0 Å². The number of esters is 1. The smallest absolute Gasteiger partial charge is 0.344 e. The van der Waals surface area contributed by atoms with Crippen molar-refractivity contribution >= 4 is 22.7 Å². The lowest BCUT2D eigenvalue weighted by Gasteiger charge is -2.12. The van der Waals surface area contributed by atoms with Gasteiger partial charge in [-0.2, -0.15) is 0 Å². The molecule has 7 heteroatoms. The molecule has 0 amide bonds. The van der Waals surface area contributed by atoms with E-state index in [1.165, 1.54) is 10.8 Å². The zero-order valence-corrected chi connectivity index (χ0v) is 11.3. The maximum atomic E-state index is 12.4. The highest BCUT2D eigenvalue weighted by molar-refractivity contribution is 6.06. The van der Waals surface area contributed by atoms with E-state index in [9.17, 15) is 9.59 Å². The monoisotopic (exact) mass is 274 g/mol. The molecule has 20 heavy (non-hydrogen) atoms. The van der Waals surface area contributed by atoms with Crippen LogP contribution in [0.3, 0.4) is 0 Å². The van der Waals surface area contributed by atoms with Crippen LogP contribution in [0.25, 0.3) is 10.9 Å². The van der Waals surface area contributed by atoms with Crippen molar-refractivity contribution in [2.24, 2.45) is 0 Å². The Hall–Kier alpha value is -2.44. The molecule has 0 radical (unpaired) electrons. The minimum atomic E-state index is -0.478. The summed E-state index contributed by atoms with van der Waals surface area (Å²) in [5.41, 5.74) is 0.471. The van der Waals surface area contributed by atoms with Gasteiger partial charge in [-0.25, -0.2) is 14.8 Å². The number of anilines is 1. The van der Waals surface area contributed by atoms with E-state index in [2.05, 4.69) is 15.3 Å². The van der Waals surface area contributed by atoms with E-state index in [0.717, 1.165) is 0 Å². The predicted molar refractivity (Wildman–Crippen MR) is 73.0 cm³/mol. The lowest BCUT2D eigenvalue weighted by Crippen LogP contribution is -2.22. The van der Waals surface area contributed by atoms with Crippen LogP contribution in [0.4, 0.5) is 5.82 Å². The van der Waals surface area contributed by atoms with Crippen LogP contribution in [0, 0.1) is 6.92 Å². The fraction of sp³-hybridized carbons (Fsp3) is 0.385. The molecule has 0 fully saturated rings. The Morgan fingerprint density at radius 3 is 3.10 bits per heavy atom. The molecule has 104 valence electrons. The molecule has 2 aromatic rings. The number of carbonyl (C=O) groups is 1. The molecule has 1 aliphatic heterocycles. The van der Waals surface area contributed by atoms with Crippen LogP contribution < -0.4 is 10.9 Å². The first kappa shape index (κ1) is 12.6. The topological polar surface area (TPSA) is 86.1 Å². The summed E-state index contributed by atoms with van der Waals surface area (Å²) in [6.45, 7) is 4.84. The number of hydrogen-bond acceptors (Lipinski definition) is 6. The number of fused-ring (bicyclic) bond motifs is 2. The quantitative estimate of drug-likeness (QED) is 0.811. The molecule has 0 bridgehead atoms. The minimum absolute atomic E-state index is 0.187. The number of ether oxygens (including phenoxy) is 1. The van der Waals surface area contributed by atoms with Crippen molar-refractivity contribution in [3.63, 3.8) is 0 Å². The molecule has 0 aliphatic carbocycles. The average molecular weight is 274 g/mol. The maximum absolute atomic E-state index is 12.4. The van der Waals surface area contributed by atoms with Gasteiger partial charge < -0.3 is 10.1 Å². The Morgan fingerprint density at radius 1 is 1.55 bits per heavy atom. The Bertz CT molecular complexity index is 766. The molecule has 2 aromatic heterocycles. The predicted octanol–water partition coefficient (Wildman–Crippen LogP) is 0.702. The summed E-state index contributed by atoms with van der Waals surface area (Å²) in [4.78, 5) is 32.9. The van der Waals surface area contributed by atoms with Crippen LogP contribution >= 0.6 is 0 Å². The van der Waals surface area contributed by atoms with Gasteiger partial charge in [-0.1, -0.05) is 0 Å². The number of hydrogen-bond donors (Lipinski definition) is 1. The molecule has 1 N–H and O–H groups in total. The van der Waals surface area contributed by atoms with Gasteiger partial charge >= 0.3 is 5.97 Å². The lowest BCUT2D eigenvalue weighted by molar-refractivity contribution is 0.0529. The summed E-state index contributed by atoms with van der Waals surface area (Å²) in [5, 5.41) is 3.40. The fourth-order valence-electron chi connectivity index (χ4n) is 2.39. The first-order chi connectivity index (χ1) is 9.63. The van der Waals surface area contributed by atoms with Crippen molar-refractivity contribution in [2.75, 3.05) is 18.5 Å². The third kappa shape index (κ3) is 1.74. The van der Waals surface area contributed by atoms with Gasteiger partial charge in [0.05, 0.1) is 17.5 Å². The number of nitrogens with zero attached hydrogens (tertiary/aromatic N) is 3. The second kappa shape index (κ2) is 4.59. The summed E-state index contributed by atoms with van der Waals surface area (Å²) in [7, 11) is 0. The molecule has 0 saturated heterocycles. The fourth-order valence-corrected chi connectivity index (χ4v) is 2.39. The zero-order valence-electron chi connectivity index (χ0n) is 11.3. The van der Waals surface area contributed by atoms with Crippen molar-refractivity contribution in [2.45, 2.75) is 20.4 Å². The minimum Gasteiger partial charge on any atom is -0.462 e. The molecular formula is C13H14N4O3. The molecule has 7 nitrogen and oxygen atoms in total. The van der Waals surface area contributed by atoms with Crippen LogP contribution in [-0.2, 0) is 11.3 Å². The largest absolute Gasteiger partial charge is 0.462 e. The first-order valence-corrected chi connectivity index (χ1v) is 6.44. The van der Waals surface area contributed by atoms with Gasteiger partial charge in [0.15, 0.2) is 0 Å². The lowest BCUT2D eigenvalue weighted by atomic mass is 10.1. The first-order valence-electron chi connectivity index (χ1n) is 6.44. The van der Waals surface area contributed by atoms with E-state index in [0.29, 0.717) is 41.2 Å². The van der Waals surface area contributed by atoms with Crippen LogP contribution in [0.5, 0.6) is 0 Å². The van der Waals surface area contributed by atoms with Crippen LogP contribution in [0.1, 0.15) is 23.1 Å². The molecule has 1 aliphatic rings. The molecule has 3 rings (SSSR count). The highest BCUT2D eigenvalue weighted by Gasteiger charge is 2.26. The van der Waals surface area contributed by atoms with Crippen molar-refractivity contribution in [3.8, 4) is 0 Å². The number of nitrogens with one attached hydrogen (secondary N) is 1. The number of carbonyl (C=O) groups excluding carboxylic acids is 1. The average Bonchev–Trinajstić information content (AvgIpc) is 2.88. The maximum Gasteiger partial charge on any atom is 0.344 e. The summed E-state index contributed by atoms with van der Waals surface area (Å²) in [5.74, 6) is 0.512. The second-order valence-electron chi connectivity index (χ2n) is 4.51. The van der Waals surface area contributed by atoms with Gasteiger partial charge in [-0.3, -0.25) is 9.36 Å². The van der Waals surface area contributed by atoms with E-state index < -0.39 is 5.97 Å². The number of aryl methyl sites for hydroxylation is 1. The number of aromatic nitrogens is 3. The van der Waals surface area contributed by atoms with E-state index in [1.807, 2.05) is 0 Å². The SMILES string of the molecule is CCOC(=O)c1c2n(c(=O)c3cnc(C)nc13)CCN2. The van der Waals surface area contributed by atoms with E-state index in [1.54, 1.807) is 13.8 Å². The summed E-state index contributed by atoms with van der Waals surface area (Å²) >= 11 is 0. The second-order valence-corrected chi connectivity index (χ2v) is 4.51. The van der Waals surface area contributed by atoms with Crippen LogP contribution in [0.2, 0.25) is 0 Å². The van der Waals surface area contributed by atoms with Gasteiger partial charge in [0.2, 0.25) is 0 Å². The molecule has 0 unspecified atom stereocenters. The van der Waals surface area contributed by atoms with Gasteiger partial charge in [-0.15, -0.1) is 0 Å². The highest BCUT2D eigenvalue weighted by Crippen LogP contribution is 2.25. The standard InChI is InChI=1S/C13H14N4O3/c1-3-20-13(19)9-10-8(6-15-7(2)16-10)12(18)17-5-4-14-11(9)17/h6,14H,3-5H2,1-2H3. The summed E-state index contributed by atoms with van der Waals surface area (Å²) in [6, 6.07) is 0. The molecule has 0 spiro atoms. The van der Waals surface area contributed by atoms with Gasteiger partial charge in [0, 0.05) is 19.3 Å². The zero-order chi connectivity index (χ0) is 14.3. The van der Waals surface area contributed by atoms with Gasteiger partial charge in [0.1, 0.15) is 17.2 Å². The third-order valence-electron chi connectivity index (χ3n) is 3.24. The summed E-state index contributed by atoms with van der Waals surface area (Å²) in [6.07, 6.45) is 1.47. The normalized spacial score (nSPS) is 13.1. The summed E-state index contributed by atoms with van der Waals surface area (Å²) < 4.78 is 6.62. The van der Waals surface area contributed by atoms with E-state index in [4.69, 9.17) is 4.74 Å². The van der Waals surface area contributed by atoms with Crippen molar-refractivity contribution in [1.82, 2.24) is 14.5 Å². The van der Waals surface area contributed by atoms with E-state index >= 15 is 0 Å². The van der Waals surface area contributed by atoms with E-state index in [-0.39, 0.29) is 12.2 Å². The molecule has 3 heterocycles. The Morgan fingerprint density at radius 2 is 2.35 bits per heavy atom. The number of rotatable bonds is 2. The Kier molecular flexibility index (Phi) is 2.89. The van der Waals surface area contributed by atoms with Gasteiger partial charge in [0.25, 0.3) is 5.56 Å². The van der Waals surface area contributed by atoms with Crippen molar-refractivity contribution < 1.29 is 9.53 Å². The molecule has 0 saturated carbocycles. The Balaban J connectivity index is 2.41.